The van der Waals surface area contributed by atoms with Crippen molar-refractivity contribution in [3.8, 4) is 5.75 Å². The summed E-state index contributed by atoms with van der Waals surface area (Å²) in [4.78, 5) is 12.2. The van der Waals surface area contributed by atoms with Crippen LogP contribution in [0.4, 0.5) is 0 Å². The van der Waals surface area contributed by atoms with Crippen molar-refractivity contribution in [1.29, 1.82) is 0 Å². The monoisotopic (exact) mass is 238 g/mol. The molecule has 2 heteroatoms. The normalized spacial score (nSPS) is 13.5. The number of benzene rings is 2. The molecule has 2 nitrogen and oxygen atoms in total. The predicted octanol–water partition coefficient (Wildman–Crippen LogP) is 3.02. The Morgan fingerprint density at radius 1 is 0.944 bits per heavy atom. The highest BCUT2D eigenvalue weighted by Gasteiger charge is 2.19. The fraction of sp³-hybridized carbons (Fsp3) is 0.188. The van der Waals surface area contributed by atoms with Gasteiger partial charge in [-0.25, -0.2) is 0 Å². The van der Waals surface area contributed by atoms with E-state index in [-0.39, 0.29) is 5.78 Å². The van der Waals surface area contributed by atoms with Crippen LogP contribution in [0.3, 0.4) is 0 Å². The molecule has 0 aromatic heterocycles. The first kappa shape index (κ1) is 11.0. The minimum Gasteiger partial charge on any atom is -0.497 e. The molecule has 0 saturated carbocycles. The van der Waals surface area contributed by atoms with E-state index in [1.54, 1.807) is 7.11 Å². The van der Waals surface area contributed by atoms with Crippen molar-refractivity contribution in [2.24, 2.45) is 0 Å². The molecule has 0 saturated heterocycles. The van der Waals surface area contributed by atoms with Gasteiger partial charge in [0.1, 0.15) is 5.75 Å². The largest absolute Gasteiger partial charge is 0.497 e. The summed E-state index contributed by atoms with van der Waals surface area (Å²) < 4.78 is 5.25. The van der Waals surface area contributed by atoms with Crippen molar-refractivity contribution >= 4 is 5.78 Å². The zero-order valence-electron chi connectivity index (χ0n) is 10.3. The SMILES string of the molecule is COc1ccc2c(c1)Cc1ccccc1C(=O)C2. The van der Waals surface area contributed by atoms with Gasteiger partial charge < -0.3 is 4.74 Å². The first-order valence-corrected chi connectivity index (χ1v) is 6.05. The van der Waals surface area contributed by atoms with E-state index in [4.69, 9.17) is 4.74 Å². The maximum absolute atomic E-state index is 12.2. The van der Waals surface area contributed by atoms with Gasteiger partial charge in [0.2, 0.25) is 0 Å². The summed E-state index contributed by atoms with van der Waals surface area (Å²) in [6.07, 6.45) is 1.28. The average molecular weight is 238 g/mol. The molecule has 18 heavy (non-hydrogen) atoms. The molecule has 0 fully saturated rings. The zero-order valence-corrected chi connectivity index (χ0v) is 10.3. The summed E-state index contributed by atoms with van der Waals surface area (Å²) in [5, 5.41) is 0. The molecular formula is C16H14O2. The summed E-state index contributed by atoms with van der Waals surface area (Å²) in [5.41, 5.74) is 4.26. The Balaban J connectivity index is 2.13. The lowest BCUT2D eigenvalue weighted by Crippen LogP contribution is -2.03. The second-order valence-corrected chi connectivity index (χ2v) is 4.57. The lowest BCUT2D eigenvalue weighted by atomic mass is 10.0. The fourth-order valence-electron chi connectivity index (χ4n) is 2.49. The molecule has 0 spiro atoms. The van der Waals surface area contributed by atoms with Crippen LogP contribution < -0.4 is 4.74 Å². The summed E-state index contributed by atoms with van der Waals surface area (Å²) in [5.74, 6) is 1.05. The first-order valence-electron chi connectivity index (χ1n) is 6.05. The Hall–Kier alpha value is -2.09. The Morgan fingerprint density at radius 3 is 2.61 bits per heavy atom. The van der Waals surface area contributed by atoms with Gasteiger partial charge in [0.05, 0.1) is 7.11 Å². The molecule has 0 amide bonds. The van der Waals surface area contributed by atoms with Crippen molar-refractivity contribution in [3.63, 3.8) is 0 Å². The van der Waals surface area contributed by atoms with Crippen molar-refractivity contribution in [1.82, 2.24) is 0 Å². The number of Topliss-reactive ketones (excluding diaryl/α,β-unsaturated/α-hetero) is 1. The van der Waals surface area contributed by atoms with Gasteiger partial charge in [0.25, 0.3) is 0 Å². The minimum atomic E-state index is 0.203. The third kappa shape index (κ3) is 1.80. The Bertz CT molecular complexity index is 614. The smallest absolute Gasteiger partial charge is 0.167 e. The number of hydrogen-bond donors (Lipinski definition) is 0. The lowest BCUT2D eigenvalue weighted by Gasteiger charge is -2.07. The number of ketones is 1. The van der Waals surface area contributed by atoms with Crippen LogP contribution >= 0.6 is 0 Å². The standard InChI is InChI=1S/C16H14O2/c1-18-14-7-6-11-10-16(17)15-5-3-2-4-12(15)8-13(11)9-14/h2-7,9H,8,10H2,1H3. The second-order valence-electron chi connectivity index (χ2n) is 4.57. The summed E-state index contributed by atoms with van der Waals surface area (Å²) in [7, 11) is 1.66. The van der Waals surface area contributed by atoms with Crippen LogP contribution in [0.15, 0.2) is 42.5 Å². The van der Waals surface area contributed by atoms with Crippen molar-refractivity contribution in [2.45, 2.75) is 12.8 Å². The number of ether oxygens (including phenoxy) is 1. The molecule has 0 aliphatic heterocycles. The van der Waals surface area contributed by atoms with Gasteiger partial charge in [-0.05, 0) is 35.2 Å². The predicted molar refractivity (Wildman–Crippen MR) is 70.3 cm³/mol. The van der Waals surface area contributed by atoms with E-state index in [2.05, 4.69) is 0 Å². The van der Waals surface area contributed by atoms with Gasteiger partial charge >= 0.3 is 0 Å². The highest BCUT2D eigenvalue weighted by molar-refractivity contribution is 5.99. The Labute approximate surface area is 106 Å². The van der Waals surface area contributed by atoms with E-state index in [0.29, 0.717) is 6.42 Å². The number of carbonyl (C=O) groups excluding carboxylic acids is 1. The molecule has 0 unspecified atom stereocenters. The summed E-state index contributed by atoms with van der Waals surface area (Å²) in [6, 6.07) is 13.8. The van der Waals surface area contributed by atoms with Crippen molar-refractivity contribution in [3.05, 3.63) is 64.7 Å². The highest BCUT2D eigenvalue weighted by atomic mass is 16.5. The van der Waals surface area contributed by atoms with E-state index in [1.165, 1.54) is 5.56 Å². The van der Waals surface area contributed by atoms with E-state index in [1.807, 2.05) is 42.5 Å². The molecule has 0 heterocycles. The van der Waals surface area contributed by atoms with Gasteiger partial charge in [-0.3, -0.25) is 4.79 Å². The van der Waals surface area contributed by atoms with Crippen LogP contribution in [0.2, 0.25) is 0 Å². The van der Waals surface area contributed by atoms with Crippen LogP contribution in [0.25, 0.3) is 0 Å². The topological polar surface area (TPSA) is 26.3 Å². The average Bonchev–Trinajstić information content (AvgIpc) is 2.54. The summed E-state index contributed by atoms with van der Waals surface area (Å²) in [6.45, 7) is 0. The molecule has 0 N–H and O–H groups in total. The van der Waals surface area contributed by atoms with E-state index >= 15 is 0 Å². The van der Waals surface area contributed by atoms with Crippen LogP contribution in [0, 0.1) is 0 Å². The Kier molecular flexibility index (Phi) is 2.63. The van der Waals surface area contributed by atoms with Crippen LogP contribution in [0.5, 0.6) is 5.75 Å². The molecule has 3 rings (SSSR count). The molecule has 1 aliphatic carbocycles. The van der Waals surface area contributed by atoms with E-state index < -0.39 is 0 Å². The first-order chi connectivity index (χ1) is 8.78. The Morgan fingerprint density at radius 2 is 1.78 bits per heavy atom. The number of methoxy groups -OCH3 is 1. The number of fused-ring (bicyclic) bond motifs is 2. The third-order valence-electron chi connectivity index (χ3n) is 3.46. The van der Waals surface area contributed by atoms with E-state index in [9.17, 15) is 4.79 Å². The molecule has 0 radical (unpaired) electrons. The van der Waals surface area contributed by atoms with Crippen LogP contribution in [-0.2, 0) is 12.8 Å². The van der Waals surface area contributed by atoms with Crippen LogP contribution in [0.1, 0.15) is 27.0 Å². The molecule has 0 bridgehead atoms. The van der Waals surface area contributed by atoms with Gasteiger partial charge in [-0.15, -0.1) is 0 Å². The van der Waals surface area contributed by atoms with Gasteiger partial charge in [0.15, 0.2) is 5.78 Å². The van der Waals surface area contributed by atoms with Crippen molar-refractivity contribution in [2.75, 3.05) is 7.11 Å². The third-order valence-corrected chi connectivity index (χ3v) is 3.46. The molecule has 2 aromatic rings. The van der Waals surface area contributed by atoms with E-state index in [0.717, 1.165) is 28.9 Å². The number of hydrogen-bond acceptors (Lipinski definition) is 2. The minimum absolute atomic E-state index is 0.203. The van der Waals surface area contributed by atoms with Crippen LogP contribution in [-0.4, -0.2) is 12.9 Å². The van der Waals surface area contributed by atoms with Crippen molar-refractivity contribution < 1.29 is 9.53 Å². The molecule has 1 aliphatic rings. The maximum Gasteiger partial charge on any atom is 0.167 e. The van der Waals surface area contributed by atoms with Gasteiger partial charge in [-0.2, -0.15) is 0 Å². The van der Waals surface area contributed by atoms with Gasteiger partial charge in [0, 0.05) is 12.0 Å². The summed E-state index contributed by atoms with van der Waals surface area (Å²) >= 11 is 0. The second kappa shape index (κ2) is 4.30. The molecule has 0 atom stereocenters. The highest BCUT2D eigenvalue weighted by Crippen LogP contribution is 2.27. The molecular weight excluding hydrogens is 224 g/mol. The van der Waals surface area contributed by atoms with Gasteiger partial charge in [-0.1, -0.05) is 30.3 Å². The maximum atomic E-state index is 12.2. The number of carbonyl (C=O) groups is 1. The molecule has 90 valence electrons. The molecule has 2 aromatic carbocycles. The lowest BCUT2D eigenvalue weighted by molar-refractivity contribution is 0.0993. The number of rotatable bonds is 1. The fourth-order valence-corrected chi connectivity index (χ4v) is 2.49. The quantitative estimate of drug-likeness (QED) is 0.763. The zero-order chi connectivity index (χ0) is 12.5.